The van der Waals surface area contributed by atoms with Crippen molar-refractivity contribution >= 4 is 27.2 Å². The highest BCUT2D eigenvalue weighted by atomic mass is 16.2. The second-order valence-electron chi connectivity index (χ2n) is 7.65. The Morgan fingerprint density at radius 1 is 0.828 bits per heavy atom. The number of fused-ring (bicyclic) bond motifs is 3. The van der Waals surface area contributed by atoms with E-state index in [0.29, 0.717) is 24.0 Å². The molecular formula is C24H21N3O2. The molecule has 0 spiro atoms. The van der Waals surface area contributed by atoms with Gasteiger partial charge in [-0.25, -0.2) is 4.79 Å². The summed E-state index contributed by atoms with van der Waals surface area (Å²) in [6.07, 6.45) is 0. The predicted octanol–water partition coefficient (Wildman–Crippen LogP) is 3.43. The Morgan fingerprint density at radius 2 is 1.55 bits per heavy atom. The van der Waals surface area contributed by atoms with E-state index < -0.39 is 0 Å². The fourth-order valence-corrected chi connectivity index (χ4v) is 4.17. The molecule has 0 aliphatic heterocycles. The van der Waals surface area contributed by atoms with E-state index in [1.165, 1.54) is 4.57 Å². The van der Waals surface area contributed by atoms with Crippen LogP contribution in [0.1, 0.15) is 0 Å². The summed E-state index contributed by atoms with van der Waals surface area (Å²) in [6.45, 7) is 0.962. The largest absolute Gasteiger partial charge is 0.336 e. The van der Waals surface area contributed by atoms with Gasteiger partial charge in [-0.15, -0.1) is 0 Å². The van der Waals surface area contributed by atoms with Gasteiger partial charge in [0.2, 0.25) is 0 Å². The highest BCUT2D eigenvalue weighted by Gasteiger charge is 2.21. The quantitative estimate of drug-likeness (QED) is 0.478. The van der Waals surface area contributed by atoms with Crippen LogP contribution in [0.5, 0.6) is 0 Å². The molecule has 0 amide bonds. The second kappa shape index (κ2) is 6.57. The third-order valence-corrected chi connectivity index (χ3v) is 5.57. The number of nitrogens with zero attached hydrogens (tertiary/aromatic N) is 3. The van der Waals surface area contributed by atoms with Crippen molar-refractivity contribution in [2.75, 3.05) is 20.6 Å². The maximum absolute atomic E-state index is 13.6. The van der Waals surface area contributed by atoms with Gasteiger partial charge >= 0.3 is 5.69 Å². The molecule has 3 aromatic carbocycles. The van der Waals surface area contributed by atoms with Gasteiger partial charge in [-0.3, -0.25) is 13.8 Å². The summed E-state index contributed by atoms with van der Waals surface area (Å²) in [5.41, 5.74) is 2.87. The van der Waals surface area contributed by atoms with Crippen LogP contribution in [0.15, 0.2) is 76.3 Å². The average molecular weight is 383 g/mol. The predicted molar refractivity (Wildman–Crippen MR) is 118 cm³/mol. The smallest absolute Gasteiger partial charge is 0.308 e. The lowest BCUT2D eigenvalue weighted by atomic mass is 9.99. The summed E-state index contributed by atoms with van der Waals surface area (Å²) < 4.78 is 3.09. The zero-order chi connectivity index (χ0) is 20.1. The van der Waals surface area contributed by atoms with E-state index in [0.717, 1.165) is 27.4 Å². The molecule has 144 valence electrons. The molecule has 0 aliphatic rings. The fourth-order valence-electron chi connectivity index (χ4n) is 4.17. The van der Waals surface area contributed by atoms with Gasteiger partial charge in [0.25, 0.3) is 5.56 Å². The van der Waals surface area contributed by atoms with Crippen molar-refractivity contribution in [3.05, 3.63) is 87.6 Å². The maximum atomic E-state index is 13.6. The molecule has 2 heterocycles. The highest BCUT2D eigenvalue weighted by molar-refractivity contribution is 6.16. The maximum Gasteiger partial charge on any atom is 0.336 e. The Kier molecular flexibility index (Phi) is 4.00. The number of rotatable bonds is 4. The number of hydrogen-bond acceptors (Lipinski definition) is 3. The Balaban J connectivity index is 2.00. The van der Waals surface area contributed by atoms with Crippen molar-refractivity contribution in [2.24, 2.45) is 0 Å². The van der Waals surface area contributed by atoms with Gasteiger partial charge < -0.3 is 4.90 Å². The summed E-state index contributed by atoms with van der Waals surface area (Å²) in [5, 5.41) is 2.52. The van der Waals surface area contributed by atoms with Crippen LogP contribution in [0.2, 0.25) is 0 Å². The number of hydrogen-bond donors (Lipinski definition) is 0. The minimum atomic E-state index is -0.277. The van der Waals surface area contributed by atoms with Gasteiger partial charge in [-0.1, -0.05) is 60.7 Å². The van der Waals surface area contributed by atoms with Crippen molar-refractivity contribution in [3.63, 3.8) is 0 Å². The van der Waals surface area contributed by atoms with Crippen molar-refractivity contribution in [1.29, 1.82) is 0 Å². The fraction of sp³-hybridized carbons (Fsp3) is 0.167. The van der Waals surface area contributed by atoms with Gasteiger partial charge in [0, 0.05) is 23.9 Å². The van der Waals surface area contributed by atoms with Crippen LogP contribution in [-0.2, 0) is 6.54 Å². The van der Waals surface area contributed by atoms with Gasteiger partial charge in [-0.2, -0.15) is 0 Å². The molecule has 0 unspecified atom stereocenters. The lowest BCUT2D eigenvalue weighted by Gasteiger charge is -2.14. The minimum Gasteiger partial charge on any atom is -0.308 e. The molecule has 0 aliphatic carbocycles. The Labute approximate surface area is 167 Å². The first-order valence-electron chi connectivity index (χ1n) is 9.70. The number of likely N-dealkylation sites (N-methyl/N-ethyl adjacent to an activating group) is 1. The molecular weight excluding hydrogens is 362 g/mol. The second-order valence-corrected chi connectivity index (χ2v) is 7.65. The Bertz CT molecular complexity index is 1460. The van der Waals surface area contributed by atoms with E-state index >= 15 is 0 Å². The van der Waals surface area contributed by atoms with Crippen LogP contribution < -0.4 is 11.2 Å². The van der Waals surface area contributed by atoms with Crippen molar-refractivity contribution in [1.82, 2.24) is 13.9 Å². The SMILES string of the molecule is CN(C)CCn1c(=O)c2c(-c3ccccc3)ccc3c4ccccc4n(c1=O)c23. The van der Waals surface area contributed by atoms with Crippen molar-refractivity contribution < 1.29 is 0 Å². The molecule has 5 aromatic rings. The highest BCUT2D eigenvalue weighted by Crippen LogP contribution is 2.34. The van der Waals surface area contributed by atoms with E-state index in [1.807, 2.05) is 85.7 Å². The summed E-state index contributed by atoms with van der Waals surface area (Å²) in [4.78, 5) is 28.9. The number of aromatic nitrogens is 2. The summed E-state index contributed by atoms with van der Waals surface area (Å²) in [7, 11) is 3.87. The van der Waals surface area contributed by atoms with E-state index in [2.05, 4.69) is 0 Å². The third-order valence-electron chi connectivity index (χ3n) is 5.57. The lowest BCUT2D eigenvalue weighted by Crippen LogP contribution is -2.39. The zero-order valence-electron chi connectivity index (χ0n) is 16.4. The Morgan fingerprint density at radius 3 is 2.31 bits per heavy atom. The molecule has 0 bridgehead atoms. The van der Waals surface area contributed by atoms with Crippen LogP contribution in [-0.4, -0.2) is 34.5 Å². The lowest BCUT2D eigenvalue weighted by molar-refractivity contribution is 0.376. The molecule has 0 saturated carbocycles. The standard InChI is InChI=1S/C24H21N3O2/c1-25(2)14-15-26-23(28)21-17(16-8-4-3-5-9-16)12-13-19-18-10-6-7-11-20(18)27(22(19)21)24(26)29/h3-13H,14-15H2,1-2H3. The van der Waals surface area contributed by atoms with Crippen LogP contribution in [0, 0.1) is 0 Å². The Hall–Kier alpha value is -3.44. The molecule has 5 nitrogen and oxygen atoms in total. The van der Waals surface area contributed by atoms with Gasteiger partial charge in [0.15, 0.2) is 0 Å². The number of para-hydroxylation sites is 1. The topological polar surface area (TPSA) is 46.7 Å². The molecule has 0 saturated heterocycles. The van der Waals surface area contributed by atoms with Gasteiger partial charge in [0.05, 0.1) is 16.4 Å². The first-order valence-corrected chi connectivity index (χ1v) is 9.70. The molecule has 29 heavy (non-hydrogen) atoms. The number of benzene rings is 3. The first-order chi connectivity index (χ1) is 14.1. The van der Waals surface area contributed by atoms with Crippen molar-refractivity contribution in [2.45, 2.75) is 6.54 Å². The average Bonchev–Trinajstić information content (AvgIpc) is 3.07. The summed E-state index contributed by atoms with van der Waals surface area (Å²) in [6, 6.07) is 21.7. The van der Waals surface area contributed by atoms with Gasteiger partial charge in [0.1, 0.15) is 0 Å². The van der Waals surface area contributed by atoms with Crippen LogP contribution in [0.3, 0.4) is 0 Å². The zero-order valence-corrected chi connectivity index (χ0v) is 16.4. The molecule has 5 heteroatoms. The molecule has 0 N–H and O–H groups in total. The van der Waals surface area contributed by atoms with E-state index in [1.54, 1.807) is 4.40 Å². The molecule has 0 radical (unpaired) electrons. The summed E-state index contributed by atoms with van der Waals surface area (Å²) >= 11 is 0. The molecule has 5 rings (SSSR count). The van der Waals surface area contributed by atoms with Crippen LogP contribution >= 0.6 is 0 Å². The van der Waals surface area contributed by atoms with Crippen LogP contribution in [0.25, 0.3) is 38.3 Å². The van der Waals surface area contributed by atoms with Crippen LogP contribution in [0.4, 0.5) is 0 Å². The monoisotopic (exact) mass is 383 g/mol. The first kappa shape index (κ1) is 17.6. The van der Waals surface area contributed by atoms with E-state index in [4.69, 9.17) is 0 Å². The molecule has 0 atom stereocenters. The van der Waals surface area contributed by atoms with Crippen molar-refractivity contribution in [3.8, 4) is 11.1 Å². The normalized spacial score (nSPS) is 12.0. The minimum absolute atomic E-state index is 0.225. The van der Waals surface area contributed by atoms with E-state index in [-0.39, 0.29) is 11.2 Å². The summed E-state index contributed by atoms with van der Waals surface area (Å²) in [5.74, 6) is 0. The molecule has 2 aromatic heterocycles. The van der Waals surface area contributed by atoms with Gasteiger partial charge in [-0.05, 0) is 31.3 Å². The molecule has 0 fully saturated rings. The van der Waals surface area contributed by atoms with E-state index in [9.17, 15) is 9.59 Å². The third kappa shape index (κ3) is 2.58.